The molecule has 16 heavy (non-hydrogen) atoms. The summed E-state index contributed by atoms with van der Waals surface area (Å²) in [4.78, 5) is 0. The summed E-state index contributed by atoms with van der Waals surface area (Å²) in [7, 11) is 0. The van der Waals surface area contributed by atoms with E-state index in [1.807, 2.05) is 42.5 Å². The van der Waals surface area contributed by atoms with Crippen molar-refractivity contribution in [1.82, 2.24) is 0 Å². The minimum atomic E-state index is 0.648. The standard InChI is InChI=1S/C12H9BrINO/c13-8-1-4-10(5-2-8)16-12-6-3-9(14)7-11(12)15/h1-7H,15H2. The summed E-state index contributed by atoms with van der Waals surface area (Å²) in [6, 6.07) is 13.4. The second-order valence-electron chi connectivity index (χ2n) is 3.24. The Balaban J connectivity index is 2.23. The first-order valence-electron chi connectivity index (χ1n) is 4.63. The van der Waals surface area contributed by atoms with E-state index in [0.717, 1.165) is 13.8 Å². The summed E-state index contributed by atoms with van der Waals surface area (Å²) in [6.45, 7) is 0. The van der Waals surface area contributed by atoms with Crippen LogP contribution in [-0.4, -0.2) is 0 Å². The van der Waals surface area contributed by atoms with Gasteiger partial charge in [0.15, 0.2) is 0 Å². The topological polar surface area (TPSA) is 35.2 Å². The molecule has 2 aromatic carbocycles. The monoisotopic (exact) mass is 389 g/mol. The summed E-state index contributed by atoms with van der Waals surface area (Å²) in [6.07, 6.45) is 0. The first kappa shape index (κ1) is 11.7. The Bertz CT molecular complexity index is 499. The Hall–Kier alpha value is -0.750. The molecule has 0 fully saturated rings. The summed E-state index contributed by atoms with van der Waals surface area (Å²) in [5, 5.41) is 0. The number of anilines is 1. The number of nitrogen functional groups attached to an aromatic ring is 1. The Morgan fingerprint density at radius 1 is 1.06 bits per heavy atom. The van der Waals surface area contributed by atoms with Crippen LogP contribution in [0.1, 0.15) is 0 Å². The highest BCUT2D eigenvalue weighted by Crippen LogP contribution is 2.29. The Kier molecular flexibility index (Phi) is 3.70. The van der Waals surface area contributed by atoms with Gasteiger partial charge in [-0.05, 0) is 65.1 Å². The van der Waals surface area contributed by atoms with E-state index in [9.17, 15) is 0 Å². The van der Waals surface area contributed by atoms with Gasteiger partial charge in [0.2, 0.25) is 0 Å². The molecule has 0 spiro atoms. The van der Waals surface area contributed by atoms with Crippen molar-refractivity contribution in [1.29, 1.82) is 0 Å². The summed E-state index contributed by atoms with van der Waals surface area (Å²) < 4.78 is 7.79. The van der Waals surface area contributed by atoms with E-state index in [4.69, 9.17) is 10.5 Å². The zero-order chi connectivity index (χ0) is 11.5. The van der Waals surface area contributed by atoms with Crippen molar-refractivity contribution >= 4 is 44.2 Å². The smallest absolute Gasteiger partial charge is 0.150 e. The Labute approximate surface area is 116 Å². The van der Waals surface area contributed by atoms with Crippen molar-refractivity contribution in [3.8, 4) is 11.5 Å². The van der Waals surface area contributed by atoms with E-state index in [1.54, 1.807) is 0 Å². The molecule has 0 bridgehead atoms. The molecule has 82 valence electrons. The van der Waals surface area contributed by atoms with Gasteiger partial charge < -0.3 is 10.5 Å². The van der Waals surface area contributed by atoms with Crippen molar-refractivity contribution in [2.75, 3.05) is 5.73 Å². The summed E-state index contributed by atoms with van der Waals surface area (Å²) >= 11 is 5.59. The van der Waals surface area contributed by atoms with E-state index in [2.05, 4.69) is 38.5 Å². The molecule has 0 aliphatic rings. The fourth-order valence-electron chi connectivity index (χ4n) is 1.24. The molecule has 2 aromatic rings. The third kappa shape index (κ3) is 2.89. The second kappa shape index (κ2) is 5.05. The van der Waals surface area contributed by atoms with Crippen LogP contribution in [0.3, 0.4) is 0 Å². The number of nitrogens with two attached hydrogens (primary N) is 1. The van der Waals surface area contributed by atoms with Crippen LogP contribution in [0.25, 0.3) is 0 Å². The fourth-order valence-corrected chi connectivity index (χ4v) is 2.02. The number of benzene rings is 2. The maximum atomic E-state index is 5.86. The average molecular weight is 390 g/mol. The number of hydrogen-bond acceptors (Lipinski definition) is 2. The minimum Gasteiger partial charge on any atom is -0.455 e. The lowest BCUT2D eigenvalue weighted by Crippen LogP contribution is -1.92. The SMILES string of the molecule is Nc1cc(I)ccc1Oc1ccc(Br)cc1. The van der Waals surface area contributed by atoms with Crippen molar-refractivity contribution in [2.45, 2.75) is 0 Å². The molecule has 2 nitrogen and oxygen atoms in total. The zero-order valence-corrected chi connectivity index (χ0v) is 12.0. The van der Waals surface area contributed by atoms with Gasteiger partial charge in [-0.15, -0.1) is 0 Å². The maximum absolute atomic E-state index is 5.86. The van der Waals surface area contributed by atoms with Crippen LogP contribution >= 0.6 is 38.5 Å². The van der Waals surface area contributed by atoms with Gasteiger partial charge in [0, 0.05) is 8.04 Å². The van der Waals surface area contributed by atoms with E-state index in [1.165, 1.54) is 0 Å². The highest BCUT2D eigenvalue weighted by molar-refractivity contribution is 14.1. The lowest BCUT2D eigenvalue weighted by molar-refractivity contribution is 0.485. The van der Waals surface area contributed by atoms with Crippen molar-refractivity contribution in [2.24, 2.45) is 0 Å². The number of rotatable bonds is 2. The highest BCUT2D eigenvalue weighted by Gasteiger charge is 2.02. The van der Waals surface area contributed by atoms with Crippen LogP contribution in [0.15, 0.2) is 46.9 Å². The first-order valence-corrected chi connectivity index (χ1v) is 6.51. The summed E-state index contributed by atoms with van der Waals surface area (Å²) in [5.41, 5.74) is 6.51. The molecular formula is C12H9BrINO. The normalized spacial score (nSPS) is 10.1. The lowest BCUT2D eigenvalue weighted by Gasteiger charge is -2.08. The third-order valence-corrected chi connectivity index (χ3v) is 3.21. The third-order valence-electron chi connectivity index (χ3n) is 2.01. The van der Waals surface area contributed by atoms with Gasteiger partial charge in [-0.2, -0.15) is 0 Å². The maximum Gasteiger partial charge on any atom is 0.150 e. The Morgan fingerprint density at radius 3 is 2.38 bits per heavy atom. The predicted molar refractivity (Wildman–Crippen MR) is 77.8 cm³/mol. The molecule has 0 unspecified atom stereocenters. The van der Waals surface area contributed by atoms with Crippen LogP contribution in [0.5, 0.6) is 11.5 Å². The average Bonchev–Trinajstić information content (AvgIpc) is 2.25. The fraction of sp³-hybridized carbons (Fsp3) is 0. The molecule has 0 heterocycles. The first-order chi connectivity index (χ1) is 7.65. The predicted octanol–water partition coefficient (Wildman–Crippen LogP) is 4.43. The van der Waals surface area contributed by atoms with Crippen LogP contribution in [0, 0.1) is 3.57 Å². The van der Waals surface area contributed by atoms with Gasteiger partial charge in [0.25, 0.3) is 0 Å². The van der Waals surface area contributed by atoms with E-state index < -0.39 is 0 Å². The van der Waals surface area contributed by atoms with Gasteiger partial charge in [-0.3, -0.25) is 0 Å². The molecule has 2 rings (SSSR count). The van der Waals surface area contributed by atoms with E-state index in [0.29, 0.717) is 11.4 Å². The molecule has 0 aliphatic carbocycles. The molecule has 4 heteroatoms. The van der Waals surface area contributed by atoms with Gasteiger partial charge in [-0.25, -0.2) is 0 Å². The lowest BCUT2D eigenvalue weighted by atomic mass is 10.3. The Morgan fingerprint density at radius 2 is 1.75 bits per heavy atom. The summed E-state index contributed by atoms with van der Waals surface area (Å²) in [5.74, 6) is 1.46. The highest BCUT2D eigenvalue weighted by atomic mass is 127. The minimum absolute atomic E-state index is 0.648. The number of halogens is 2. The number of hydrogen-bond donors (Lipinski definition) is 1. The van der Waals surface area contributed by atoms with Crippen LogP contribution < -0.4 is 10.5 Å². The molecule has 0 saturated heterocycles. The van der Waals surface area contributed by atoms with E-state index >= 15 is 0 Å². The number of ether oxygens (including phenoxy) is 1. The molecule has 0 aromatic heterocycles. The van der Waals surface area contributed by atoms with Crippen molar-refractivity contribution in [3.63, 3.8) is 0 Å². The second-order valence-corrected chi connectivity index (χ2v) is 5.40. The van der Waals surface area contributed by atoms with Crippen LogP contribution in [0.4, 0.5) is 5.69 Å². The molecule has 0 radical (unpaired) electrons. The van der Waals surface area contributed by atoms with Gasteiger partial charge in [-0.1, -0.05) is 15.9 Å². The van der Waals surface area contributed by atoms with Gasteiger partial charge in [0.05, 0.1) is 5.69 Å². The van der Waals surface area contributed by atoms with Crippen LogP contribution in [0.2, 0.25) is 0 Å². The molecular weight excluding hydrogens is 381 g/mol. The zero-order valence-electron chi connectivity index (χ0n) is 8.28. The quantitative estimate of drug-likeness (QED) is 0.609. The van der Waals surface area contributed by atoms with Crippen molar-refractivity contribution in [3.05, 3.63) is 50.5 Å². The van der Waals surface area contributed by atoms with Crippen LogP contribution in [-0.2, 0) is 0 Å². The largest absolute Gasteiger partial charge is 0.455 e. The van der Waals surface area contributed by atoms with Gasteiger partial charge >= 0.3 is 0 Å². The van der Waals surface area contributed by atoms with Gasteiger partial charge in [0.1, 0.15) is 11.5 Å². The van der Waals surface area contributed by atoms with Crippen molar-refractivity contribution < 1.29 is 4.74 Å². The molecule has 0 saturated carbocycles. The molecule has 2 N–H and O–H groups in total. The van der Waals surface area contributed by atoms with E-state index in [-0.39, 0.29) is 0 Å². The molecule has 0 atom stereocenters. The molecule has 0 amide bonds. The molecule has 0 aliphatic heterocycles.